The SMILES string of the molecule is Cc1ccc(CC(=O)N2CCN(c3nc4c(C)ccc(Cl)c4s3)CC2)c(C)c1. The van der Waals surface area contributed by atoms with Crippen LogP contribution in [0, 0.1) is 20.8 Å². The highest BCUT2D eigenvalue weighted by atomic mass is 35.5. The van der Waals surface area contributed by atoms with Gasteiger partial charge in [0.1, 0.15) is 0 Å². The van der Waals surface area contributed by atoms with Gasteiger partial charge in [0.25, 0.3) is 0 Å². The molecule has 0 spiro atoms. The van der Waals surface area contributed by atoms with Crippen LogP contribution in [0.15, 0.2) is 30.3 Å². The number of hydrogen-bond donors (Lipinski definition) is 0. The van der Waals surface area contributed by atoms with Crippen molar-refractivity contribution in [3.05, 3.63) is 57.6 Å². The summed E-state index contributed by atoms with van der Waals surface area (Å²) >= 11 is 7.98. The number of benzene rings is 2. The first-order chi connectivity index (χ1) is 13.4. The number of anilines is 1. The van der Waals surface area contributed by atoms with Crippen molar-refractivity contribution in [3.63, 3.8) is 0 Å². The van der Waals surface area contributed by atoms with Crippen LogP contribution in [0.4, 0.5) is 5.13 Å². The van der Waals surface area contributed by atoms with Crippen LogP contribution in [0.2, 0.25) is 5.02 Å². The Morgan fingerprint density at radius 1 is 1.07 bits per heavy atom. The smallest absolute Gasteiger partial charge is 0.227 e. The molecule has 4 nitrogen and oxygen atoms in total. The van der Waals surface area contributed by atoms with Gasteiger partial charge < -0.3 is 9.80 Å². The summed E-state index contributed by atoms with van der Waals surface area (Å²) < 4.78 is 1.05. The lowest BCUT2D eigenvalue weighted by Gasteiger charge is -2.34. The van der Waals surface area contributed by atoms with E-state index < -0.39 is 0 Å². The number of rotatable bonds is 3. The molecule has 2 heterocycles. The maximum absolute atomic E-state index is 12.8. The molecule has 0 aliphatic carbocycles. The van der Waals surface area contributed by atoms with Crippen molar-refractivity contribution in [1.82, 2.24) is 9.88 Å². The Morgan fingerprint density at radius 2 is 1.82 bits per heavy atom. The molecule has 28 heavy (non-hydrogen) atoms. The lowest BCUT2D eigenvalue weighted by Crippen LogP contribution is -2.49. The summed E-state index contributed by atoms with van der Waals surface area (Å²) in [6.45, 7) is 9.27. The first kappa shape index (κ1) is 19.2. The minimum absolute atomic E-state index is 0.204. The van der Waals surface area contributed by atoms with E-state index >= 15 is 0 Å². The number of nitrogens with zero attached hydrogens (tertiary/aromatic N) is 3. The van der Waals surface area contributed by atoms with E-state index in [-0.39, 0.29) is 5.91 Å². The number of hydrogen-bond acceptors (Lipinski definition) is 4. The Morgan fingerprint density at radius 3 is 2.50 bits per heavy atom. The molecule has 1 amide bonds. The van der Waals surface area contributed by atoms with Crippen LogP contribution in [0.1, 0.15) is 22.3 Å². The molecule has 146 valence electrons. The van der Waals surface area contributed by atoms with Crippen molar-refractivity contribution in [2.45, 2.75) is 27.2 Å². The number of thiazole rings is 1. The predicted molar refractivity (Wildman–Crippen MR) is 118 cm³/mol. The fraction of sp³-hybridized carbons (Fsp3) is 0.364. The Kier molecular flexibility index (Phi) is 5.30. The molecular formula is C22H24ClN3OS. The largest absolute Gasteiger partial charge is 0.345 e. The molecule has 6 heteroatoms. The van der Waals surface area contributed by atoms with Crippen molar-refractivity contribution >= 4 is 44.2 Å². The number of carbonyl (C=O) groups is 1. The average molecular weight is 414 g/mol. The maximum Gasteiger partial charge on any atom is 0.227 e. The second-order valence-corrected chi connectivity index (χ2v) is 8.90. The molecule has 1 saturated heterocycles. The number of fused-ring (bicyclic) bond motifs is 1. The Bertz CT molecular complexity index is 999. The molecule has 1 aliphatic heterocycles. The van der Waals surface area contributed by atoms with Gasteiger partial charge in [-0.3, -0.25) is 4.79 Å². The second kappa shape index (κ2) is 7.72. The van der Waals surface area contributed by atoms with E-state index in [9.17, 15) is 4.79 Å². The fourth-order valence-corrected chi connectivity index (χ4v) is 5.06. The molecule has 1 aliphatic rings. The lowest BCUT2D eigenvalue weighted by molar-refractivity contribution is -0.130. The van der Waals surface area contributed by atoms with Crippen LogP contribution in [0.3, 0.4) is 0 Å². The zero-order valence-corrected chi connectivity index (χ0v) is 18.0. The van der Waals surface area contributed by atoms with E-state index in [1.807, 2.05) is 17.0 Å². The van der Waals surface area contributed by atoms with Gasteiger partial charge in [-0.1, -0.05) is 52.8 Å². The molecule has 4 rings (SSSR count). The van der Waals surface area contributed by atoms with Gasteiger partial charge in [0.05, 0.1) is 21.7 Å². The summed E-state index contributed by atoms with van der Waals surface area (Å²) in [4.78, 5) is 21.8. The number of piperazine rings is 1. The Balaban J connectivity index is 1.42. The molecule has 0 radical (unpaired) electrons. The lowest BCUT2D eigenvalue weighted by atomic mass is 10.0. The summed E-state index contributed by atoms with van der Waals surface area (Å²) in [5.41, 5.74) is 5.67. The van der Waals surface area contributed by atoms with Crippen LogP contribution < -0.4 is 4.90 Å². The van der Waals surface area contributed by atoms with Gasteiger partial charge in [-0.15, -0.1) is 0 Å². The number of carbonyl (C=O) groups excluding carboxylic acids is 1. The van der Waals surface area contributed by atoms with Crippen molar-refractivity contribution in [2.75, 3.05) is 31.1 Å². The van der Waals surface area contributed by atoms with Crippen molar-refractivity contribution < 1.29 is 4.79 Å². The average Bonchev–Trinajstić information content (AvgIpc) is 3.14. The van der Waals surface area contributed by atoms with E-state index in [2.05, 4.69) is 43.9 Å². The van der Waals surface area contributed by atoms with Gasteiger partial charge in [0.2, 0.25) is 5.91 Å². The molecule has 0 saturated carbocycles. The standard InChI is InChI=1S/C22H24ClN3OS/c1-14-4-6-17(16(3)12-14)13-19(27)25-8-10-26(11-9-25)22-24-20-15(2)5-7-18(23)21(20)28-22/h4-7,12H,8-11,13H2,1-3H3. The van der Waals surface area contributed by atoms with Gasteiger partial charge in [-0.2, -0.15) is 0 Å². The molecule has 0 N–H and O–H groups in total. The Hall–Kier alpha value is -2.11. The normalized spacial score (nSPS) is 14.7. The third kappa shape index (κ3) is 3.74. The van der Waals surface area contributed by atoms with Crippen LogP contribution in [0.25, 0.3) is 10.2 Å². The van der Waals surface area contributed by atoms with E-state index in [1.165, 1.54) is 11.1 Å². The van der Waals surface area contributed by atoms with Gasteiger partial charge in [-0.05, 0) is 43.5 Å². The van der Waals surface area contributed by atoms with E-state index in [0.29, 0.717) is 6.42 Å². The van der Waals surface area contributed by atoms with Gasteiger partial charge in [-0.25, -0.2) is 4.98 Å². The van der Waals surface area contributed by atoms with Crippen LogP contribution >= 0.6 is 22.9 Å². The zero-order chi connectivity index (χ0) is 19.8. The van der Waals surface area contributed by atoms with E-state index in [1.54, 1.807) is 11.3 Å². The molecular weight excluding hydrogens is 390 g/mol. The van der Waals surface area contributed by atoms with E-state index in [0.717, 1.165) is 57.7 Å². The predicted octanol–water partition coefficient (Wildman–Crippen LogP) is 4.77. The highest BCUT2D eigenvalue weighted by Crippen LogP contribution is 2.35. The van der Waals surface area contributed by atoms with Crippen LogP contribution in [0.5, 0.6) is 0 Å². The van der Waals surface area contributed by atoms with Crippen LogP contribution in [-0.2, 0) is 11.2 Å². The van der Waals surface area contributed by atoms with Gasteiger partial charge >= 0.3 is 0 Å². The third-order valence-electron chi connectivity index (χ3n) is 5.43. The molecule has 2 aromatic carbocycles. The summed E-state index contributed by atoms with van der Waals surface area (Å²) in [7, 11) is 0. The highest BCUT2D eigenvalue weighted by molar-refractivity contribution is 7.22. The van der Waals surface area contributed by atoms with Crippen molar-refractivity contribution in [2.24, 2.45) is 0 Å². The minimum Gasteiger partial charge on any atom is -0.345 e. The number of aryl methyl sites for hydroxylation is 3. The second-order valence-electron chi connectivity index (χ2n) is 7.51. The monoisotopic (exact) mass is 413 g/mol. The van der Waals surface area contributed by atoms with Crippen molar-refractivity contribution in [1.29, 1.82) is 0 Å². The molecule has 1 fully saturated rings. The van der Waals surface area contributed by atoms with Crippen molar-refractivity contribution in [3.8, 4) is 0 Å². The first-order valence-corrected chi connectivity index (χ1v) is 10.8. The summed E-state index contributed by atoms with van der Waals surface area (Å²) in [6, 6.07) is 10.2. The maximum atomic E-state index is 12.8. The highest BCUT2D eigenvalue weighted by Gasteiger charge is 2.24. The minimum atomic E-state index is 0.204. The topological polar surface area (TPSA) is 36.4 Å². The number of aromatic nitrogens is 1. The third-order valence-corrected chi connectivity index (χ3v) is 7.01. The number of amides is 1. The molecule has 1 aromatic heterocycles. The Labute approximate surface area is 174 Å². The van der Waals surface area contributed by atoms with E-state index in [4.69, 9.17) is 16.6 Å². The summed E-state index contributed by atoms with van der Waals surface area (Å²) in [5, 5.41) is 1.75. The first-order valence-electron chi connectivity index (χ1n) is 9.57. The molecule has 0 bridgehead atoms. The molecule has 3 aromatic rings. The molecule has 0 unspecified atom stereocenters. The quantitative estimate of drug-likeness (QED) is 0.620. The van der Waals surface area contributed by atoms with Gasteiger partial charge in [0, 0.05) is 26.2 Å². The summed E-state index contributed by atoms with van der Waals surface area (Å²) in [5.74, 6) is 0.204. The van der Waals surface area contributed by atoms with Gasteiger partial charge in [0.15, 0.2) is 5.13 Å². The van der Waals surface area contributed by atoms with Crippen LogP contribution in [-0.4, -0.2) is 42.0 Å². The summed E-state index contributed by atoms with van der Waals surface area (Å²) in [6.07, 6.45) is 0.474. The fourth-order valence-electron chi connectivity index (χ4n) is 3.69. The zero-order valence-electron chi connectivity index (χ0n) is 16.5. The molecule has 0 atom stereocenters. The number of halogens is 1.